The van der Waals surface area contributed by atoms with Crippen molar-refractivity contribution in [3.05, 3.63) is 17.8 Å². The molecule has 0 spiro atoms. The van der Waals surface area contributed by atoms with Crippen LogP contribution in [0.1, 0.15) is 44.7 Å². The van der Waals surface area contributed by atoms with Crippen LogP contribution < -0.4 is 16.0 Å². The topological polar surface area (TPSA) is 63.4 Å². The first-order valence-electron chi connectivity index (χ1n) is 10.4. The monoisotopic (exact) mass is 356 g/mol. The van der Waals surface area contributed by atoms with Crippen LogP contribution in [0.15, 0.2) is 12.1 Å². The van der Waals surface area contributed by atoms with E-state index in [1.54, 1.807) is 0 Å². The Morgan fingerprint density at radius 1 is 1.23 bits per heavy atom. The number of aryl methyl sites for hydroxylation is 1. The highest BCUT2D eigenvalue weighted by molar-refractivity contribution is 5.54. The molecule has 3 N–H and O–H groups in total. The van der Waals surface area contributed by atoms with Gasteiger partial charge in [0.25, 0.3) is 0 Å². The van der Waals surface area contributed by atoms with Crippen LogP contribution in [-0.2, 0) is 4.74 Å². The van der Waals surface area contributed by atoms with Crippen LogP contribution in [0.5, 0.6) is 0 Å². The molecule has 1 aliphatic heterocycles. The Bertz CT molecular complexity index is 677. The molecule has 4 bridgehead atoms. The Labute approximate surface area is 156 Å². The second-order valence-electron chi connectivity index (χ2n) is 9.43. The van der Waals surface area contributed by atoms with E-state index >= 15 is 0 Å². The van der Waals surface area contributed by atoms with Crippen LogP contribution in [-0.4, -0.2) is 42.4 Å². The molecule has 1 aromatic rings. The summed E-state index contributed by atoms with van der Waals surface area (Å²) in [5, 5.41) is 3.89. The molecule has 0 aromatic carbocycles. The van der Waals surface area contributed by atoms with Crippen molar-refractivity contribution in [2.45, 2.75) is 63.6 Å². The molecule has 5 fully saturated rings. The highest BCUT2D eigenvalue weighted by Crippen LogP contribution is 2.55. The first-order chi connectivity index (χ1) is 12.5. The zero-order chi connectivity index (χ0) is 17.9. The zero-order valence-corrected chi connectivity index (χ0v) is 16.1. The minimum absolute atomic E-state index is 0.138. The second kappa shape index (κ2) is 6.10. The number of anilines is 2. The Balaban J connectivity index is 1.32. The highest BCUT2D eigenvalue weighted by Gasteiger charge is 2.53. The van der Waals surface area contributed by atoms with E-state index in [2.05, 4.69) is 36.2 Å². The number of nitrogens with zero attached hydrogens (tertiary/aromatic N) is 2. The fourth-order valence-corrected chi connectivity index (χ4v) is 6.41. The maximum absolute atomic E-state index is 6.66. The highest BCUT2D eigenvalue weighted by atomic mass is 16.5. The summed E-state index contributed by atoms with van der Waals surface area (Å²) in [7, 11) is 0. The molecule has 0 radical (unpaired) electrons. The van der Waals surface area contributed by atoms with Crippen molar-refractivity contribution in [3.63, 3.8) is 0 Å². The van der Waals surface area contributed by atoms with Crippen molar-refractivity contribution in [2.24, 2.45) is 23.5 Å². The molecule has 26 heavy (non-hydrogen) atoms. The number of hydrogen-bond acceptors (Lipinski definition) is 5. The van der Waals surface area contributed by atoms with Gasteiger partial charge < -0.3 is 20.7 Å². The lowest BCUT2D eigenvalue weighted by Crippen LogP contribution is -2.62. The number of ether oxygens (including phenoxy) is 1. The van der Waals surface area contributed by atoms with Gasteiger partial charge in [0.2, 0.25) is 0 Å². The lowest BCUT2D eigenvalue weighted by atomic mass is 9.51. The van der Waals surface area contributed by atoms with Gasteiger partial charge in [-0.1, -0.05) is 0 Å². The van der Waals surface area contributed by atoms with E-state index in [0.29, 0.717) is 6.04 Å². The molecule has 2 heterocycles. The average Bonchev–Trinajstić information content (AvgIpc) is 2.58. The molecule has 3 unspecified atom stereocenters. The van der Waals surface area contributed by atoms with Crippen LogP contribution in [0.3, 0.4) is 0 Å². The molecule has 3 atom stereocenters. The van der Waals surface area contributed by atoms with Gasteiger partial charge in [0.05, 0.1) is 24.1 Å². The molecule has 1 aromatic heterocycles. The fraction of sp³-hybridized carbons (Fsp3) is 0.762. The number of nitrogens with one attached hydrogen (secondary N) is 1. The molecular formula is C21H32N4O. The van der Waals surface area contributed by atoms with Gasteiger partial charge in [0.15, 0.2) is 0 Å². The minimum atomic E-state index is 0.138. The van der Waals surface area contributed by atoms with Crippen molar-refractivity contribution in [1.82, 2.24) is 4.98 Å². The number of aromatic nitrogens is 1. The Morgan fingerprint density at radius 3 is 2.65 bits per heavy atom. The summed E-state index contributed by atoms with van der Waals surface area (Å²) < 4.78 is 5.65. The number of nitrogens with two attached hydrogens (primary N) is 1. The van der Waals surface area contributed by atoms with Crippen LogP contribution in [0, 0.1) is 24.7 Å². The van der Waals surface area contributed by atoms with E-state index in [-0.39, 0.29) is 11.6 Å². The van der Waals surface area contributed by atoms with Crippen molar-refractivity contribution >= 4 is 11.5 Å². The van der Waals surface area contributed by atoms with Gasteiger partial charge in [0, 0.05) is 24.7 Å². The SMILES string of the molecule is Cc1nc(N2CCOC(C)C2)ccc1NC1C2CC3CC1CC(N)(C3)C2. The summed E-state index contributed by atoms with van der Waals surface area (Å²) in [5.74, 6) is 3.44. The molecule has 0 amide bonds. The largest absolute Gasteiger partial charge is 0.380 e. The van der Waals surface area contributed by atoms with Crippen LogP contribution >= 0.6 is 0 Å². The molecule has 5 heteroatoms. The summed E-state index contributed by atoms with van der Waals surface area (Å²) in [6.45, 7) is 6.90. The van der Waals surface area contributed by atoms with Crippen LogP contribution in [0.25, 0.3) is 0 Å². The summed E-state index contributed by atoms with van der Waals surface area (Å²) in [6, 6.07) is 4.99. The van der Waals surface area contributed by atoms with E-state index in [0.717, 1.165) is 49.0 Å². The van der Waals surface area contributed by atoms with E-state index in [1.807, 2.05) is 0 Å². The Morgan fingerprint density at radius 2 is 2.00 bits per heavy atom. The van der Waals surface area contributed by atoms with E-state index in [4.69, 9.17) is 15.5 Å². The van der Waals surface area contributed by atoms with Crippen molar-refractivity contribution in [1.29, 1.82) is 0 Å². The smallest absolute Gasteiger partial charge is 0.129 e. The maximum atomic E-state index is 6.66. The van der Waals surface area contributed by atoms with Crippen molar-refractivity contribution < 1.29 is 4.74 Å². The van der Waals surface area contributed by atoms with Gasteiger partial charge in [-0.15, -0.1) is 0 Å². The predicted molar refractivity (Wildman–Crippen MR) is 104 cm³/mol. The first-order valence-corrected chi connectivity index (χ1v) is 10.4. The Kier molecular flexibility index (Phi) is 3.94. The first kappa shape index (κ1) is 16.8. The molecule has 5 nitrogen and oxygen atoms in total. The van der Waals surface area contributed by atoms with Gasteiger partial charge >= 0.3 is 0 Å². The maximum Gasteiger partial charge on any atom is 0.129 e. The molecule has 4 saturated carbocycles. The van der Waals surface area contributed by atoms with Gasteiger partial charge in [0.1, 0.15) is 5.82 Å². The molecule has 6 rings (SSSR count). The molecular weight excluding hydrogens is 324 g/mol. The minimum Gasteiger partial charge on any atom is -0.380 e. The lowest BCUT2D eigenvalue weighted by molar-refractivity contribution is -0.0107. The van der Waals surface area contributed by atoms with E-state index < -0.39 is 0 Å². The Hall–Kier alpha value is -1.33. The fourth-order valence-electron chi connectivity index (χ4n) is 6.41. The van der Waals surface area contributed by atoms with Crippen molar-refractivity contribution in [3.8, 4) is 0 Å². The molecule has 4 aliphatic carbocycles. The average molecular weight is 357 g/mol. The zero-order valence-electron chi connectivity index (χ0n) is 16.1. The second-order valence-corrected chi connectivity index (χ2v) is 9.43. The quantitative estimate of drug-likeness (QED) is 0.872. The van der Waals surface area contributed by atoms with Crippen LogP contribution in [0.4, 0.5) is 11.5 Å². The van der Waals surface area contributed by atoms with Gasteiger partial charge in [-0.05, 0) is 75.8 Å². The lowest BCUT2D eigenvalue weighted by Gasteiger charge is -2.59. The standard InChI is InChI=1S/C21H32N4O/c1-13-12-25(5-6-26-13)19-4-3-18(14(2)23-19)24-20-16-7-15-8-17(20)11-21(22,9-15)10-16/h3-4,13,15-17,20,24H,5-12,22H2,1-2H3. The summed E-state index contributed by atoms with van der Waals surface area (Å²) >= 11 is 0. The summed E-state index contributed by atoms with van der Waals surface area (Å²) in [6.07, 6.45) is 6.68. The van der Waals surface area contributed by atoms with Gasteiger partial charge in [-0.3, -0.25) is 0 Å². The number of rotatable bonds is 3. The summed E-state index contributed by atoms with van der Waals surface area (Å²) in [5.41, 5.74) is 9.12. The van der Waals surface area contributed by atoms with Gasteiger partial charge in [-0.25, -0.2) is 4.98 Å². The third-order valence-corrected chi connectivity index (χ3v) is 7.28. The molecule has 142 valence electrons. The van der Waals surface area contributed by atoms with E-state index in [1.165, 1.54) is 37.8 Å². The molecule has 5 aliphatic rings. The third-order valence-electron chi connectivity index (χ3n) is 7.28. The van der Waals surface area contributed by atoms with Crippen LogP contribution in [0.2, 0.25) is 0 Å². The van der Waals surface area contributed by atoms with E-state index in [9.17, 15) is 0 Å². The summed E-state index contributed by atoms with van der Waals surface area (Å²) in [4.78, 5) is 7.25. The third kappa shape index (κ3) is 2.89. The van der Waals surface area contributed by atoms with Crippen molar-refractivity contribution in [2.75, 3.05) is 29.9 Å². The number of pyridine rings is 1. The predicted octanol–water partition coefficient (Wildman–Crippen LogP) is 2.93. The number of morpholine rings is 1. The normalized spacial score (nSPS) is 41.5. The molecule has 1 saturated heterocycles. The van der Waals surface area contributed by atoms with Gasteiger partial charge in [-0.2, -0.15) is 0 Å². The number of hydrogen-bond donors (Lipinski definition) is 2.